The number of aromatic carboxylic acids is 1. The third kappa shape index (κ3) is 2.58. The fourth-order valence-corrected chi connectivity index (χ4v) is 3.42. The van der Waals surface area contributed by atoms with Crippen LogP contribution in [0.15, 0.2) is 24.3 Å². The average molecular weight is 308 g/mol. The zero-order valence-corrected chi connectivity index (χ0v) is 11.3. The Morgan fingerprint density at radius 3 is 2.18 bits per heavy atom. The van der Waals surface area contributed by atoms with Crippen molar-refractivity contribution < 1.29 is 9.90 Å². The molecule has 17 heavy (non-hydrogen) atoms. The van der Waals surface area contributed by atoms with Crippen LogP contribution in [0.1, 0.15) is 9.67 Å². The number of rotatable bonds is 2. The topological polar surface area (TPSA) is 37.3 Å². The standard InChI is InChI=1S/C11H5Cl3O2S/c12-5-3-6(13)10(7(14)4-5)8-1-2-9(17-8)11(15)16/h1-4H,(H,15,16). The lowest BCUT2D eigenvalue weighted by Gasteiger charge is -2.05. The molecule has 1 N–H and O–H groups in total. The summed E-state index contributed by atoms with van der Waals surface area (Å²) >= 11 is 19.0. The minimum atomic E-state index is -0.970. The Balaban J connectivity index is 2.56. The van der Waals surface area contributed by atoms with Gasteiger partial charge in [0.15, 0.2) is 0 Å². The molecule has 0 aliphatic rings. The van der Waals surface area contributed by atoms with E-state index in [0.29, 0.717) is 25.5 Å². The molecule has 0 radical (unpaired) electrons. The molecule has 0 saturated carbocycles. The van der Waals surface area contributed by atoms with Gasteiger partial charge in [0.25, 0.3) is 0 Å². The number of benzene rings is 1. The van der Waals surface area contributed by atoms with Gasteiger partial charge in [-0.25, -0.2) is 4.79 Å². The molecule has 0 aliphatic carbocycles. The van der Waals surface area contributed by atoms with Gasteiger partial charge >= 0.3 is 5.97 Å². The molecule has 0 spiro atoms. The molecule has 0 aliphatic heterocycles. The van der Waals surface area contributed by atoms with Crippen LogP contribution >= 0.6 is 46.1 Å². The monoisotopic (exact) mass is 306 g/mol. The van der Waals surface area contributed by atoms with E-state index in [1.54, 1.807) is 18.2 Å². The van der Waals surface area contributed by atoms with E-state index in [1.165, 1.54) is 6.07 Å². The summed E-state index contributed by atoms with van der Waals surface area (Å²) in [6.07, 6.45) is 0. The maximum absolute atomic E-state index is 10.8. The summed E-state index contributed by atoms with van der Waals surface area (Å²) in [5, 5.41) is 10.1. The molecule has 1 aromatic carbocycles. The minimum absolute atomic E-state index is 0.238. The number of halogens is 3. The van der Waals surface area contributed by atoms with Crippen molar-refractivity contribution in [3.63, 3.8) is 0 Å². The molecule has 2 aromatic rings. The van der Waals surface area contributed by atoms with Gasteiger partial charge in [-0.2, -0.15) is 0 Å². The van der Waals surface area contributed by atoms with E-state index in [0.717, 1.165) is 11.3 Å². The summed E-state index contributed by atoms with van der Waals surface area (Å²) < 4.78 is 0. The molecule has 0 saturated heterocycles. The summed E-state index contributed by atoms with van der Waals surface area (Å²) in [5.74, 6) is -0.970. The van der Waals surface area contributed by atoms with Crippen molar-refractivity contribution in [3.8, 4) is 10.4 Å². The van der Waals surface area contributed by atoms with E-state index >= 15 is 0 Å². The van der Waals surface area contributed by atoms with Crippen molar-refractivity contribution in [2.24, 2.45) is 0 Å². The van der Waals surface area contributed by atoms with Crippen molar-refractivity contribution in [2.75, 3.05) is 0 Å². The van der Waals surface area contributed by atoms with Gasteiger partial charge in [0, 0.05) is 15.5 Å². The number of carboxylic acids is 1. The second-order valence-electron chi connectivity index (χ2n) is 3.21. The molecule has 0 atom stereocenters. The number of carbonyl (C=O) groups is 1. The van der Waals surface area contributed by atoms with Gasteiger partial charge in [-0.05, 0) is 24.3 Å². The molecule has 1 heterocycles. The quantitative estimate of drug-likeness (QED) is 0.840. The highest BCUT2D eigenvalue weighted by molar-refractivity contribution is 7.17. The van der Waals surface area contributed by atoms with Gasteiger partial charge in [0.2, 0.25) is 0 Å². The minimum Gasteiger partial charge on any atom is -0.477 e. The van der Waals surface area contributed by atoms with E-state index < -0.39 is 5.97 Å². The highest BCUT2D eigenvalue weighted by Gasteiger charge is 2.14. The Bertz CT molecular complexity index is 569. The van der Waals surface area contributed by atoms with Crippen LogP contribution in [0, 0.1) is 0 Å². The van der Waals surface area contributed by atoms with E-state index in [2.05, 4.69) is 0 Å². The lowest BCUT2D eigenvalue weighted by Crippen LogP contribution is -1.89. The Kier molecular flexibility index (Phi) is 3.64. The highest BCUT2D eigenvalue weighted by Crippen LogP contribution is 2.40. The Morgan fingerprint density at radius 2 is 1.71 bits per heavy atom. The molecule has 1 aromatic heterocycles. The van der Waals surface area contributed by atoms with Crippen LogP contribution in [0.3, 0.4) is 0 Å². The van der Waals surface area contributed by atoms with Gasteiger partial charge in [0.1, 0.15) is 4.88 Å². The molecule has 0 bridgehead atoms. The Hall–Kier alpha value is -0.740. The van der Waals surface area contributed by atoms with E-state index in [4.69, 9.17) is 39.9 Å². The van der Waals surface area contributed by atoms with Crippen LogP contribution < -0.4 is 0 Å². The molecule has 88 valence electrons. The number of carboxylic acid groups (broad SMARTS) is 1. The molecule has 2 nitrogen and oxygen atoms in total. The van der Waals surface area contributed by atoms with Crippen LogP contribution in [0.5, 0.6) is 0 Å². The molecule has 2 rings (SSSR count). The normalized spacial score (nSPS) is 10.5. The lowest BCUT2D eigenvalue weighted by atomic mass is 10.2. The summed E-state index contributed by atoms with van der Waals surface area (Å²) in [6, 6.07) is 6.34. The van der Waals surface area contributed by atoms with Crippen molar-refractivity contribution in [3.05, 3.63) is 44.2 Å². The van der Waals surface area contributed by atoms with Gasteiger partial charge in [-0.1, -0.05) is 34.8 Å². The first-order valence-electron chi connectivity index (χ1n) is 4.47. The number of hydrogen-bond acceptors (Lipinski definition) is 2. The predicted octanol–water partition coefficient (Wildman–Crippen LogP) is 5.07. The smallest absolute Gasteiger partial charge is 0.345 e. The highest BCUT2D eigenvalue weighted by atomic mass is 35.5. The summed E-state index contributed by atoms with van der Waals surface area (Å²) in [4.78, 5) is 11.7. The van der Waals surface area contributed by atoms with Crippen molar-refractivity contribution in [1.82, 2.24) is 0 Å². The first-order chi connectivity index (χ1) is 7.99. The summed E-state index contributed by atoms with van der Waals surface area (Å²) in [5.41, 5.74) is 0.607. The second-order valence-corrected chi connectivity index (χ2v) is 5.55. The fourth-order valence-electron chi connectivity index (χ4n) is 1.36. The van der Waals surface area contributed by atoms with Gasteiger partial charge < -0.3 is 5.11 Å². The first kappa shape index (κ1) is 12.7. The molecule has 6 heteroatoms. The Morgan fingerprint density at radius 1 is 1.12 bits per heavy atom. The van der Waals surface area contributed by atoms with Crippen LogP contribution in [-0.4, -0.2) is 11.1 Å². The van der Waals surface area contributed by atoms with Crippen LogP contribution in [0.2, 0.25) is 15.1 Å². The third-order valence-electron chi connectivity index (χ3n) is 2.07. The largest absolute Gasteiger partial charge is 0.477 e. The zero-order valence-electron chi connectivity index (χ0n) is 8.21. The zero-order chi connectivity index (χ0) is 12.6. The maximum Gasteiger partial charge on any atom is 0.345 e. The van der Waals surface area contributed by atoms with Gasteiger partial charge in [-0.3, -0.25) is 0 Å². The predicted molar refractivity (Wildman–Crippen MR) is 71.7 cm³/mol. The van der Waals surface area contributed by atoms with Crippen LogP contribution in [0.25, 0.3) is 10.4 Å². The summed E-state index contributed by atoms with van der Waals surface area (Å²) in [7, 11) is 0. The number of hydrogen-bond donors (Lipinski definition) is 1. The Labute approximate surface area is 116 Å². The fraction of sp³-hybridized carbons (Fsp3) is 0. The lowest BCUT2D eigenvalue weighted by molar-refractivity contribution is 0.0702. The van der Waals surface area contributed by atoms with E-state index in [1.807, 2.05) is 0 Å². The number of thiophene rings is 1. The van der Waals surface area contributed by atoms with Crippen LogP contribution in [-0.2, 0) is 0 Å². The molecule has 0 fully saturated rings. The second kappa shape index (κ2) is 4.86. The van der Waals surface area contributed by atoms with Crippen LogP contribution in [0.4, 0.5) is 0 Å². The van der Waals surface area contributed by atoms with Gasteiger partial charge in [0.05, 0.1) is 10.0 Å². The van der Waals surface area contributed by atoms with E-state index in [9.17, 15) is 4.79 Å². The van der Waals surface area contributed by atoms with Crippen molar-refractivity contribution >= 4 is 52.1 Å². The molecular weight excluding hydrogens is 303 g/mol. The molecule has 0 amide bonds. The van der Waals surface area contributed by atoms with E-state index in [-0.39, 0.29) is 4.88 Å². The first-order valence-corrected chi connectivity index (χ1v) is 6.42. The van der Waals surface area contributed by atoms with Crippen molar-refractivity contribution in [2.45, 2.75) is 0 Å². The average Bonchev–Trinajstić information content (AvgIpc) is 2.65. The maximum atomic E-state index is 10.8. The summed E-state index contributed by atoms with van der Waals surface area (Å²) in [6.45, 7) is 0. The van der Waals surface area contributed by atoms with Crippen molar-refractivity contribution in [1.29, 1.82) is 0 Å². The molecular formula is C11H5Cl3O2S. The SMILES string of the molecule is O=C(O)c1ccc(-c2c(Cl)cc(Cl)cc2Cl)s1. The molecule has 0 unspecified atom stereocenters. The third-order valence-corrected chi connectivity index (χ3v) is 3.98. The van der Waals surface area contributed by atoms with Gasteiger partial charge in [-0.15, -0.1) is 11.3 Å².